The van der Waals surface area contributed by atoms with Crippen molar-refractivity contribution in [3.05, 3.63) is 53.7 Å². The number of carbonyl (C=O) groups excluding carboxylic acids is 1. The molecule has 4 aliphatic rings. The molecule has 7 heteroatoms. The Morgan fingerprint density at radius 1 is 1.16 bits per heavy atom. The van der Waals surface area contributed by atoms with E-state index in [1.54, 1.807) is 12.1 Å². The summed E-state index contributed by atoms with van der Waals surface area (Å²) in [4.78, 5) is 13.4. The third-order valence-electron chi connectivity index (χ3n) is 7.66. The third-order valence-corrected chi connectivity index (χ3v) is 9.72. The Labute approximate surface area is 182 Å². The fraction of sp³-hybridized carbons (Fsp3) is 0.542. The second-order valence-corrected chi connectivity index (χ2v) is 12.0. The molecule has 4 fully saturated rings. The zero-order valence-corrected chi connectivity index (χ0v) is 18.5. The first kappa shape index (κ1) is 20.7. The molecule has 5 nitrogen and oxygen atoms in total. The average molecular weight is 446 g/mol. The van der Waals surface area contributed by atoms with Crippen LogP contribution in [-0.2, 0) is 14.6 Å². The van der Waals surface area contributed by atoms with Crippen LogP contribution in [0.15, 0.2) is 45.9 Å². The summed E-state index contributed by atoms with van der Waals surface area (Å²) in [6.45, 7) is 1.47. The van der Waals surface area contributed by atoms with Crippen LogP contribution in [0.25, 0.3) is 0 Å². The Morgan fingerprint density at radius 3 is 2.35 bits per heavy atom. The Bertz CT molecular complexity index is 1060. The van der Waals surface area contributed by atoms with Gasteiger partial charge in [-0.3, -0.25) is 4.79 Å². The molecule has 0 radical (unpaired) electrons. The highest BCUT2D eigenvalue weighted by molar-refractivity contribution is 7.91. The van der Waals surface area contributed by atoms with E-state index in [4.69, 9.17) is 4.42 Å². The summed E-state index contributed by atoms with van der Waals surface area (Å²) in [6, 6.07) is 7.01. The van der Waals surface area contributed by atoms with Crippen molar-refractivity contribution in [3.63, 3.8) is 0 Å². The lowest BCUT2D eigenvalue weighted by Gasteiger charge is -2.55. The highest BCUT2D eigenvalue weighted by atomic mass is 32.2. The summed E-state index contributed by atoms with van der Waals surface area (Å²) in [5.41, 5.74) is -0.0875. The number of benzene rings is 1. The van der Waals surface area contributed by atoms with Gasteiger partial charge in [-0.2, -0.15) is 0 Å². The molecule has 4 saturated carbocycles. The van der Waals surface area contributed by atoms with Gasteiger partial charge in [-0.15, -0.1) is 0 Å². The molecular formula is C24H28FNO4S. The van der Waals surface area contributed by atoms with E-state index >= 15 is 0 Å². The zero-order chi connectivity index (χ0) is 21.8. The fourth-order valence-corrected chi connectivity index (χ4v) is 8.23. The summed E-state index contributed by atoms with van der Waals surface area (Å²) >= 11 is 0. The SMILES string of the molecule is Cc1cc(S(=O)(=O)C(CNC(=O)C23CC4CC(CC(C4)C2)C3)c2ccco2)ccc1F. The minimum absolute atomic E-state index is 0.0198. The predicted octanol–water partition coefficient (Wildman–Crippen LogP) is 4.57. The van der Waals surface area contributed by atoms with Crippen LogP contribution in [0.4, 0.5) is 4.39 Å². The number of rotatable bonds is 6. The fourth-order valence-electron chi connectivity index (χ4n) is 6.56. The van der Waals surface area contributed by atoms with Crippen LogP contribution in [0.5, 0.6) is 0 Å². The number of aryl methyl sites for hydroxylation is 1. The van der Waals surface area contributed by atoms with E-state index in [1.165, 1.54) is 44.6 Å². The molecule has 4 bridgehead atoms. The molecule has 4 aliphatic carbocycles. The van der Waals surface area contributed by atoms with Crippen molar-refractivity contribution in [2.24, 2.45) is 23.2 Å². The third kappa shape index (κ3) is 3.60. The van der Waals surface area contributed by atoms with Gasteiger partial charge in [0.25, 0.3) is 0 Å². The van der Waals surface area contributed by atoms with Crippen molar-refractivity contribution in [2.75, 3.05) is 6.54 Å². The first-order valence-corrected chi connectivity index (χ1v) is 12.6. The lowest BCUT2D eigenvalue weighted by atomic mass is 9.49. The van der Waals surface area contributed by atoms with Crippen LogP contribution in [-0.4, -0.2) is 20.9 Å². The Hall–Kier alpha value is -2.15. The van der Waals surface area contributed by atoms with Crippen LogP contribution in [0, 0.1) is 35.9 Å². The summed E-state index contributed by atoms with van der Waals surface area (Å²) in [6.07, 6.45) is 7.88. The van der Waals surface area contributed by atoms with Crippen molar-refractivity contribution in [2.45, 2.75) is 55.6 Å². The van der Waals surface area contributed by atoms with E-state index in [2.05, 4.69) is 5.32 Å². The Morgan fingerprint density at radius 2 is 1.81 bits per heavy atom. The highest BCUT2D eigenvalue weighted by Gasteiger charge is 2.54. The molecule has 31 heavy (non-hydrogen) atoms. The van der Waals surface area contributed by atoms with Gasteiger partial charge in [0.1, 0.15) is 16.8 Å². The molecule has 6 rings (SSSR count). The van der Waals surface area contributed by atoms with Crippen molar-refractivity contribution >= 4 is 15.7 Å². The van der Waals surface area contributed by atoms with Crippen molar-refractivity contribution in [3.8, 4) is 0 Å². The summed E-state index contributed by atoms with van der Waals surface area (Å²) < 4.78 is 46.0. The number of nitrogens with one attached hydrogen (secondary N) is 1. The molecule has 0 saturated heterocycles. The molecule has 0 aliphatic heterocycles. The van der Waals surface area contributed by atoms with Crippen LogP contribution < -0.4 is 5.32 Å². The maximum absolute atomic E-state index is 13.7. The molecular weight excluding hydrogens is 417 g/mol. The van der Waals surface area contributed by atoms with Crippen molar-refractivity contribution < 1.29 is 22.0 Å². The minimum atomic E-state index is -3.89. The molecule has 2 aromatic rings. The van der Waals surface area contributed by atoms with Crippen LogP contribution in [0.1, 0.15) is 55.1 Å². The van der Waals surface area contributed by atoms with Crippen LogP contribution in [0.3, 0.4) is 0 Å². The maximum Gasteiger partial charge on any atom is 0.226 e. The van der Waals surface area contributed by atoms with E-state index in [-0.39, 0.29) is 34.1 Å². The number of amides is 1. The Kier molecular flexibility index (Phi) is 5.00. The number of sulfone groups is 1. The van der Waals surface area contributed by atoms with E-state index in [1.807, 2.05) is 0 Å². The predicted molar refractivity (Wildman–Crippen MR) is 113 cm³/mol. The molecule has 1 N–H and O–H groups in total. The van der Waals surface area contributed by atoms with Gasteiger partial charge in [0.05, 0.1) is 11.2 Å². The lowest BCUT2D eigenvalue weighted by molar-refractivity contribution is -0.146. The van der Waals surface area contributed by atoms with E-state index in [9.17, 15) is 17.6 Å². The number of carbonyl (C=O) groups is 1. The summed E-state index contributed by atoms with van der Waals surface area (Å²) in [7, 11) is -3.89. The minimum Gasteiger partial charge on any atom is -0.468 e. The van der Waals surface area contributed by atoms with E-state index in [0.29, 0.717) is 17.8 Å². The maximum atomic E-state index is 13.7. The Balaban J connectivity index is 1.39. The molecule has 1 atom stereocenters. The van der Waals surface area contributed by atoms with Crippen LogP contribution >= 0.6 is 0 Å². The van der Waals surface area contributed by atoms with Gasteiger partial charge in [0, 0.05) is 12.0 Å². The van der Waals surface area contributed by atoms with E-state index in [0.717, 1.165) is 25.3 Å². The number of halogens is 1. The van der Waals surface area contributed by atoms with Gasteiger partial charge in [-0.05, 0) is 99.1 Å². The second kappa shape index (κ2) is 7.47. The molecule has 1 aromatic carbocycles. The van der Waals surface area contributed by atoms with Gasteiger partial charge in [-0.1, -0.05) is 0 Å². The monoisotopic (exact) mass is 445 g/mol. The molecule has 1 aromatic heterocycles. The van der Waals surface area contributed by atoms with Gasteiger partial charge in [-0.25, -0.2) is 12.8 Å². The smallest absolute Gasteiger partial charge is 0.226 e. The zero-order valence-electron chi connectivity index (χ0n) is 17.6. The molecule has 0 spiro atoms. The molecule has 1 heterocycles. The normalized spacial score (nSPS) is 30.3. The largest absolute Gasteiger partial charge is 0.468 e. The molecule has 1 unspecified atom stereocenters. The number of hydrogen-bond acceptors (Lipinski definition) is 4. The quantitative estimate of drug-likeness (QED) is 0.661. The first-order valence-electron chi connectivity index (χ1n) is 11.1. The topological polar surface area (TPSA) is 76.4 Å². The van der Waals surface area contributed by atoms with Gasteiger partial charge < -0.3 is 9.73 Å². The summed E-state index contributed by atoms with van der Waals surface area (Å²) in [5, 5.41) is 1.91. The second-order valence-electron chi connectivity index (χ2n) is 9.87. The van der Waals surface area contributed by atoms with Gasteiger partial charge in [0.15, 0.2) is 9.84 Å². The molecule has 166 valence electrons. The standard InChI is InChI=1S/C24H28FNO4S/c1-15-7-19(4-5-20(15)25)31(28,29)22(21-3-2-6-30-21)14-26-23(27)24-11-16-8-17(12-24)10-18(9-16)13-24/h2-7,16-18,22H,8-14H2,1H3,(H,26,27). The first-order chi connectivity index (χ1) is 14.8. The highest BCUT2D eigenvalue weighted by Crippen LogP contribution is 2.60. The average Bonchev–Trinajstić information content (AvgIpc) is 3.23. The van der Waals surface area contributed by atoms with Crippen LogP contribution in [0.2, 0.25) is 0 Å². The van der Waals surface area contributed by atoms with Gasteiger partial charge in [0.2, 0.25) is 5.91 Å². The van der Waals surface area contributed by atoms with Crippen molar-refractivity contribution in [1.29, 1.82) is 0 Å². The van der Waals surface area contributed by atoms with Gasteiger partial charge >= 0.3 is 0 Å². The van der Waals surface area contributed by atoms with E-state index < -0.39 is 20.9 Å². The lowest BCUT2D eigenvalue weighted by Crippen LogP contribution is -2.54. The van der Waals surface area contributed by atoms with Crippen molar-refractivity contribution in [1.82, 2.24) is 5.32 Å². The summed E-state index contributed by atoms with van der Waals surface area (Å²) in [5.74, 6) is 1.68. The number of hydrogen-bond donors (Lipinski definition) is 1. The number of furan rings is 1. The molecule has 1 amide bonds.